The molecule has 5 rings (SSSR count). The summed E-state index contributed by atoms with van der Waals surface area (Å²) in [4.78, 5) is 25.5. The minimum absolute atomic E-state index is 0.0477. The van der Waals surface area contributed by atoms with Crippen molar-refractivity contribution in [3.8, 4) is 0 Å². The first-order chi connectivity index (χ1) is 14.2. The highest BCUT2D eigenvalue weighted by Crippen LogP contribution is 2.48. The number of ether oxygens (including phenoxy) is 2. The van der Waals surface area contributed by atoms with Gasteiger partial charge in [-0.1, -0.05) is 49.2 Å². The molecule has 1 N–H and O–H groups in total. The zero-order valence-corrected chi connectivity index (χ0v) is 16.2. The Bertz CT molecular complexity index is 811. The van der Waals surface area contributed by atoms with Gasteiger partial charge in [0.05, 0.1) is 23.2 Å². The van der Waals surface area contributed by atoms with E-state index in [2.05, 4.69) is 5.32 Å². The number of nitrogens with one attached hydrogen (secondary N) is 1. The summed E-state index contributed by atoms with van der Waals surface area (Å²) in [5, 5.41) is 3.63. The van der Waals surface area contributed by atoms with Gasteiger partial charge in [-0.05, 0) is 48.9 Å². The van der Waals surface area contributed by atoms with Crippen LogP contribution in [0.15, 0.2) is 60.7 Å². The fourth-order valence-electron chi connectivity index (χ4n) is 5.45. The largest absolute Gasteiger partial charge is 0.453 e. The van der Waals surface area contributed by atoms with E-state index in [1.54, 1.807) is 24.3 Å². The summed E-state index contributed by atoms with van der Waals surface area (Å²) in [6.45, 7) is 0. The molecule has 2 saturated heterocycles. The molecular weight excluding hydrogens is 366 g/mol. The topological polar surface area (TPSA) is 64.6 Å². The summed E-state index contributed by atoms with van der Waals surface area (Å²) in [5.74, 6) is 0.235. The fraction of sp³-hybridized carbons (Fsp3) is 0.417. The van der Waals surface area contributed by atoms with Gasteiger partial charge in [-0.2, -0.15) is 0 Å². The first-order valence-electron chi connectivity index (χ1n) is 10.5. The summed E-state index contributed by atoms with van der Waals surface area (Å²) >= 11 is 0. The van der Waals surface area contributed by atoms with E-state index in [0.29, 0.717) is 23.0 Å². The number of rotatable bonds is 4. The zero-order valence-electron chi connectivity index (χ0n) is 16.2. The summed E-state index contributed by atoms with van der Waals surface area (Å²) < 4.78 is 11.9. The molecule has 0 spiro atoms. The molecule has 0 radical (unpaired) electrons. The molecule has 5 nitrogen and oxygen atoms in total. The number of benzene rings is 2. The maximum atomic E-state index is 12.7. The maximum absolute atomic E-state index is 12.7. The molecular formula is C24H25NO4. The summed E-state index contributed by atoms with van der Waals surface area (Å²) in [6.07, 6.45) is 3.77. The maximum Gasteiger partial charge on any atom is 0.338 e. The van der Waals surface area contributed by atoms with Crippen LogP contribution in [-0.2, 0) is 9.47 Å². The van der Waals surface area contributed by atoms with E-state index in [-0.39, 0.29) is 24.0 Å². The van der Waals surface area contributed by atoms with Gasteiger partial charge in [0.25, 0.3) is 0 Å². The Hall–Kier alpha value is -2.66. The lowest BCUT2D eigenvalue weighted by Gasteiger charge is -2.40. The van der Waals surface area contributed by atoms with Gasteiger partial charge < -0.3 is 14.8 Å². The van der Waals surface area contributed by atoms with Gasteiger partial charge in [-0.25, -0.2) is 9.59 Å². The molecule has 6 unspecified atom stereocenters. The number of carbonyl (C=O) groups is 2. The van der Waals surface area contributed by atoms with Crippen LogP contribution in [0.3, 0.4) is 0 Å². The van der Waals surface area contributed by atoms with Crippen molar-refractivity contribution >= 4 is 11.9 Å². The van der Waals surface area contributed by atoms with Crippen LogP contribution >= 0.6 is 0 Å². The number of carbonyl (C=O) groups excluding carboxylic acids is 2. The molecule has 6 atom stereocenters. The number of hydrogen-bond donors (Lipinski definition) is 1. The molecule has 1 aliphatic carbocycles. The smallest absolute Gasteiger partial charge is 0.338 e. The van der Waals surface area contributed by atoms with Crippen molar-refractivity contribution in [1.82, 2.24) is 5.32 Å². The Morgan fingerprint density at radius 3 is 1.52 bits per heavy atom. The quantitative estimate of drug-likeness (QED) is 0.807. The first kappa shape index (κ1) is 18.4. The van der Waals surface area contributed by atoms with Crippen molar-refractivity contribution in [2.24, 2.45) is 11.8 Å². The van der Waals surface area contributed by atoms with Crippen LogP contribution in [0.1, 0.15) is 46.4 Å². The van der Waals surface area contributed by atoms with Gasteiger partial charge in [-0.3, -0.25) is 0 Å². The molecule has 29 heavy (non-hydrogen) atoms. The third-order valence-corrected chi connectivity index (χ3v) is 6.72. The predicted octanol–water partition coefficient (Wildman–Crippen LogP) is 3.60. The van der Waals surface area contributed by atoms with E-state index in [1.165, 1.54) is 12.8 Å². The van der Waals surface area contributed by atoms with E-state index in [4.69, 9.17) is 9.47 Å². The monoisotopic (exact) mass is 391 g/mol. The Balaban J connectivity index is 1.39. The van der Waals surface area contributed by atoms with Crippen LogP contribution in [0, 0.1) is 11.8 Å². The highest BCUT2D eigenvalue weighted by molar-refractivity contribution is 5.90. The Kier molecular flexibility index (Phi) is 4.84. The third kappa shape index (κ3) is 3.33. The first-order valence-corrected chi connectivity index (χ1v) is 10.5. The molecule has 1 saturated carbocycles. The van der Waals surface area contributed by atoms with Crippen LogP contribution in [0.4, 0.5) is 0 Å². The lowest BCUT2D eigenvalue weighted by molar-refractivity contribution is -0.0620. The average molecular weight is 391 g/mol. The molecule has 2 aliphatic heterocycles. The van der Waals surface area contributed by atoms with Crippen LogP contribution in [0.25, 0.3) is 0 Å². The third-order valence-electron chi connectivity index (χ3n) is 6.72. The summed E-state index contributed by atoms with van der Waals surface area (Å²) in [6, 6.07) is 18.1. The van der Waals surface area contributed by atoms with E-state index in [1.807, 2.05) is 36.4 Å². The summed E-state index contributed by atoms with van der Waals surface area (Å²) in [5.41, 5.74) is 1.03. The minimum Gasteiger partial charge on any atom is -0.453 e. The van der Waals surface area contributed by atoms with Crippen molar-refractivity contribution in [2.75, 3.05) is 0 Å². The molecule has 2 heterocycles. The average Bonchev–Trinajstić information content (AvgIpc) is 3.32. The molecule has 0 aromatic heterocycles. The molecule has 2 aromatic carbocycles. The molecule has 150 valence electrons. The van der Waals surface area contributed by atoms with Crippen molar-refractivity contribution in [2.45, 2.75) is 50.0 Å². The SMILES string of the molecule is O=C(OC1C2NC(C3CCCCC32)C1OC(=O)c1ccccc1)c1ccccc1. The predicted molar refractivity (Wildman–Crippen MR) is 107 cm³/mol. The molecule has 3 aliphatic rings. The van der Waals surface area contributed by atoms with Crippen molar-refractivity contribution in [3.63, 3.8) is 0 Å². The highest BCUT2D eigenvalue weighted by atomic mass is 16.6. The van der Waals surface area contributed by atoms with Crippen LogP contribution in [0.2, 0.25) is 0 Å². The van der Waals surface area contributed by atoms with E-state index < -0.39 is 12.2 Å². The second-order valence-electron chi connectivity index (χ2n) is 8.30. The molecule has 3 fully saturated rings. The van der Waals surface area contributed by atoms with Crippen molar-refractivity contribution in [1.29, 1.82) is 0 Å². The Labute approximate surface area is 170 Å². The number of fused-ring (bicyclic) bond motifs is 5. The van der Waals surface area contributed by atoms with E-state index in [9.17, 15) is 9.59 Å². The van der Waals surface area contributed by atoms with Crippen LogP contribution in [-0.4, -0.2) is 36.2 Å². The van der Waals surface area contributed by atoms with Crippen molar-refractivity contribution < 1.29 is 19.1 Å². The van der Waals surface area contributed by atoms with Gasteiger partial charge in [0.15, 0.2) is 12.2 Å². The lowest BCUT2D eigenvalue weighted by Crippen LogP contribution is -2.51. The number of hydrogen-bond acceptors (Lipinski definition) is 5. The second-order valence-corrected chi connectivity index (χ2v) is 8.30. The fourth-order valence-corrected chi connectivity index (χ4v) is 5.45. The molecule has 5 heteroatoms. The van der Waals surface area contributed by atoms with Crippen LogP contribution < -0.4 is 5.32 Å². The lowest BCUT2D eigenvalue weighted by atomic mass is 9.69. The minimum atomic E-state index is -0.459. The van der Waals surface area contributed by atoms with E-state index in [0.717, 1.165) is 12.8 Å². The van der Waals surface area contributed by atoms with Gasteiger partial charge >= 0.3 is 11.9 Å². The van der Waals surface area contributed by atoms with Gasteiger partial charge in [0.1, 0.15) is 0 Å². The number of esters is 2. The Morgan fingerprint density at radius 1 is 0.690 bits per heavy atom. The van der Waals surface area contributed by atoms with Crippen molar-refractivity contribution in [3.05, 3.63) is 71.8 Å². The van der Waals surface area contributed by atoms with Gasteiger partial charge in [0, 0.05) is 0 Å². The van der Waals surface area contributed by atoms with Gasteiger partial charge in [0.2, 0.25) is 0 Å². The zero-order chi connectivity index (χ0) is 19.8. The molecule has 2 aromatic rings. The second kappa shape index (κ2) is 7.64. The van der Waals surface area contributed by atoms with Crippen LogP contribution in [0.5, 0.6) is 0 Å². The molecule has 2 bridgehead atoms. The summed E-state index contributed by atoms with van der Waals surface area (Å²) in [7, 11) is 0. The van der Waals surface area contributed by atoms with E-state index >= 15 is 0 Å². The standard InChI is InChI=1S/C24H25NO4/c26-23(15-9-3-1-4-10-15)28-21-19-17-13-7-8-14-18(17)20(25-19)22(21)29-24(27)16-11-5-2-6-12-16/h1-6,9-12,17-22,25H,7-8,13-14H2. The normalized spacial score (nSPS) is 32.4. The Morgan fingerprint density at radius 2 is 1.10 bits per heavy atom. The van der Waals surface area contributed by atoms with Gasteiger partial charge in [-0.15, -0.1) is 0 Å². The molecule has 0 amide bonds. The highest BCUT2D eigenvalue weighted by Gasteiger charge is 2.61.